The molecule has 2 rings (SSSR count). The zero-order chi connectivity index (χ0) is 14.9. The largest absolute Gasteiger partial charge is 0.447 e. The average molecular weight is 340 g/mol. The fourth-order valence-corrected chi connectivity index (χ4v) is 2.43. The van der Waals surface area contributed by atoms with Crippen molar-refractivity contribution in [2.24, 2.45) is 0 Å². The van der Waals surface area contributed by atoms with E-state index in [2.05, 4.69) is 15.9 Å². The van der Waals surface area contributed by atoms with Crippen molar-refractivity contribution in [1.29, 1.82) is 0 Å². The lowest BCUT2D eigenvalue weighted by Crippen LogP contribution is -2.35. The summed E-state index contributed by atoms with van der Waals surface area (Å²) in [7, 11) is 0. The lowest BCUT2D eigenvalue weighted by atomic mass is 10.1. The number of fused-ring (bicyclic) bond motifs is 1. The molecule has 106 valence electrons. The maximum Gasteiger partial charge on any atom is 0.306 e. The van der Waals surface area contributed by atoms with Crippen LogP contribution in [0.25, 0.3) is 0 Å². The monoisotopic (exact) mass is 339 g/mol. The number of hydrogen-bond donors (Lipinski definition) is 0. The summed E-state index contributed by atoms with van der Waals surface area (Å²) in [6.07, 6.45) is -0.657. The van der Waals surface area contributed by atoms with Crippen LogP contribution in [0.15, 0.2) is 22.7 Å². The Morgan fingerprint density at radius 3 is 2.60 bits per heavy atom. The molecule has 1 aromatic rings. The minimum Gasteiger partial charge on any atom is -0.447 e. The van der Waals surface area contributed by atoms with Crippen molar-refractivity contribution in [3.8, 4) is 0 Å². The summed E-state index contributed by atoms with van der Waals surface area (Å²) < 4.78 is 5.93. The third kappa shape index (κ3) is 2.47. The van der Waals surface area contributed by atoms with Gasteiger partial charge < -0.3 is 4.74 Å². The second-order valence-electron chi connectivity index (χ2n) is 4.35. The number of imide groups is 1. The summed E-state index contributed by atoms with van der Waals surface area (Å²) >= 11 is 3.31. The van der Waals surface area contributed by atoms with E-state index in [0.29, 0.717) is 11.3 Å². The number of amides is 2. The molecular weight excluding hydrogens is 326 g/mol. The summed E-state index contributed by atoms with van der Waals surface area (Å²) in [4.78, 5) is 36.8. The number of carbonyl (C=O) groups is 3. The first-order chi connectivity index (χ1) is 9.49. The van der Waals surface area contributed by atoms with Gasteiger partial charge in [-0.15, -0.1) is 0 Å². The van der Waals surface area contributed by atoms with Crippen LogP contribution in [0.4, 0.5) is 5.69 Å². The van der Waals surface area contributed by atoms with Crippen LogP contribution in [0.5, 0.6) is 0 Å². The summed E-state index contributed by atoms with van der Waals surface area (Å²) in [6.45, 7) is 3.33. The fourth-order valence-electron chi connectivity index (χ4n) is 2.05. The summed E-state index contributed by atoms with van der Waals surface area (Å²) in [5.74, 6) is -1.29. The number of ether oxygens (including phenoxy) is 1. The molecule has 1 aliphatic rings. The molecule has 0 spiro atoms. The van der Waals surface area contributed by atoms with E-state index in [4.69, 9.17) is 4.74 Å². The van der Waals surface area contributed by atoms with Gasteiger partial charge in [-0.1, -0.05) is 29.8 Å². The Labute approximate surface area is 125 Å². The Bertz CT molecular complexity index is 585. The highest BCUT2D eigenvalue weighted by molar-refractivity contribution is 9.10. The third-order valence-electron chi connectivity index (χ3n) is 3.05. The Kier molecular flexibility index (Phi) is 4.23. The Morgan fingerprint density at radius 1 is 1.30 bits per heavy atom. The minimum atomic E-state index is -1.04. The van der Waals surface area contributed by atoms with Gasteiger partial charge in [0.05, 0.1) is 5.69 Å². The van der Waals surface area contributed by atoms with Gasteiger partial charge in [-0.05, 0) is 18.2 Å². The lowest BCUT2D eigenvalue weighted by Gasteiger charge is -2.14. The molecule has 6 heteroatoms. The Hall–Kier alpha value is -1.69. The van der Waals surface area contributed by atoms with E-state index in [0.717, 1.165) is 9.37 Å². The maximum absolute atomic E-state index is 12.3. The number of carbonyl (C=O) groups excluding carboxylic acids is 3. The van der Waals surface area contributed by atoms with Crippen molar-refractivity contribution >= 4 is 39.4 Å². The molecule has 0 saturated heterocycles. The maximum atomic E-state index is 12.3. The molecule has 0 aliphatic carbocycles. The molecule has 0 saturated carbocycles. The summed E-state index contributed by atoms with van der Waals surface area (Å²) in [6, 6.07) is 5.11. The van der Waals surface area contributed by atoms with Crippen LogP contribution >= 0.6 is 15.9 Å². The molecule has 0 N–H and O–H groups in total. The highest BCUT2D eigenvalue weighted by Gasteiger charge is 2.42. The fraction of sp³-hybridized carbons (Fsp3) is 0.357. The summed E-state index contributed by atoms with van der Waals surface area (Å²) in [5, 5.41) is 0. The van der Waals surface area contributed by atoms with Crippen LogP contribution in [0.1, 0.15) is 38.4 Å². The van der Waals surface area contributed by atoms with E-state index in [-0.39, 0.29) is 18.7 Å². The molecule has 0 aromatic heterocycles. The number of hydrogen-bond acceptors (Lipinski definition) is 4. The van der Waals surface area contributed by atoms with Gasteiger partial charge >= 0.3 is 5.97 Å². The van der Waals surface area contributed by atoms with Crippen LogP contribution in [-0.4, -0.2) is 17.8 Å². The van der Waals surface area contributed by atoms with Gasteiger partial charge in [-0.2, -0.15) is 0 Å². The van der Waals surface area contributed by atoms with E-state index in [9.17, 15) is 14.4 Å². The van der Waals surface area contributed by atoms with Crippen molar-refractivity contribution in [3.05, 3.63) is 28.2 Å². The van der Waals surface area contributed by atoms with Crippen molar-refractivity contribution in [3.63, 3.8) is 0 Å². The SMILES string of the molecule is CCC(=O)OC1C(=O)N(C(=O)CC)c2ccc(Br)cc21. The molecule has 1 atom stereocenters. The highest BCUT2D eigenvalue weighted by Crippen LogP contribution is 2.40. The van der Waals surface area contributed by atoms with E-state index in [1.54, 1.807) is 32.0 Å². The van der Waals surface area contributed by atoms with E-state index < -0.39 is 18.0 Å². The van der Waals surface area contributed by atoms with Gasteiger partial charge in [0.25, 0.3) is 5.91 Å². The molecule has 1 aliphatic heterocycles. The van der Waals surface area contributed by atoms with Gasteiger partial charge in [-0.25, -0.2) is 4.90 Å². The molecule has 1 heterocycles. The normalized spacial score (nSPS) is 17.1. The quantitative estimate of drug-likeness (QED) is 0.794. The van der Waals surface area contributed by atoms with E-state index in [1.165, 1.54) is 0 Å². The second-order valence-corrected chi connectivity index (χ2v) is 5.26. The highest BCUT2D eigenvalue weighted by atomic mass is 79.9. The molecule has 2 amide bonds. The number of nitrogens with zero attached hydrogens (tertiary/aromatic N) is 1. The number of benzene rings is 1. The zero-order valence-corrected chi connectivity index (χ0v) is 12.8. The molecule has 1 unspecified atom stereocenters. The first kappa shape index (κ1) is 14.7. The number of halogens is 1. The van der Waals surface area contributed by atoms with Gasteiger partial charge in [0, 0.05) is 22.9 Å². The first-order valence-electron chi connectivity index (χ1n) is 6.35. The van der Waals surface area contributed by atoms with Crippen LogP contribution < -0.4 is 4.90 Å². The predicted octanol–water partition coefficient (Wildman–Crippen LogP) is 2.73. The van der Waals surface area contributed by atoms with Gasteiger partial charge in [0.1, 0.15) is 0 Å². The van der Waals surface area contributed by atoms with Crippen LogP contribution in [0, 0.1) is 0 Å². The van der Waals surface area contributed by atoms with Gasteiger partial charge in [-0.3, -0.25) is 14.4 Å². The first-order valence-corrected chi connectivity index (χ1v) is 7.14. The van der Waals surface area contributed by atoms with Crippen molar-refractivity contribution < 1.29 is 19.1 Å². The number of anilines is 1. The standard InChI is InChI=1S/C14H14BrNO4/c1-3-11(17)16-10-6-5-8(15)7-9(10)13(14(16)19)20-12(18)4-2/h5-7,13H,3-4H2,1-2H3. The third-order valence-corrected chi connectivity index (χ3v) is 3.54. The van der Waals surface area contributed by atoms with Gasteiger partial charge in [0.2, 0.25) is 12.0 Å². The minimum absolute atomic E-state index is 0.175. The predicted molar refractivity (Wildman–Crippen MR) is 76.1 cm³/mol. The number of esters is 1. The van der Waals surface area contributed by atoms with Crippen LogP contribution in [0.3, 0.4) is 0 Å². The number of rotatable bonds is 3. The lowest BCUT2D eigenvalue weighted by molar-refractivity contribution is -0.155. The van der Waals surface area contributed by atoms with Crippen molar-refractivity contribution in [1.82, 2.24) is 0 Å². The molecule has 5 nitrogen and oxygen atoms in total. The Morgan fingerprint density at radius 2 is 2.00 bits per heavy atom. The smallest absolute Gasteiger partial charge is 0.306 e. The molecule has 0 fully saturated rings. The Balaban J connectivity index is 2.46. The second kappa shape index (κ2) is 5.75. The summed E-state index contributed by atoms with van der Waals surface area (Å²) in [5.41, 5.74) is 1.02. The van der Waals surface area contributed by atoms with Crippen LogP contribution in [0.2, 0.25) is 0 Å². The van der Waals surface area contributed by atoms with Gasteiger partial charge in [0.15, 0.2) is 0 Å². The van der Waals surface area contributed by atoms with E-state index in [1.807, 2.05) is 0 Å². The average Bonchev–Trinajstić information content (AvgIpc) is 2.70. The molecular formula is C14H14BrNO4. The van der Waals surface area contributed by atoms with Crippen molar-refractivity contribution in [2.45, 2.75) is 32.8 Å². The van der Waals surface area contributed by atoms with E-state index >= 15 is 0 Å². The molecule has 1 aromatic carbocycles. The zero-order valence-electron chi connectivity index (χ0n) is 11.2. The molecule has 0 bridgehead atoms. The topological polar surface area (TPSA) is 63.7 Å². The molecule has 0 radical (unpaired) electrons. The van der Waals surface area contributed by atoms with Crippen molar-refractivity contribution in [2.75, 3.05) is 4.90 Å². The van der Waals surface area contributed by atoms with Crippen LogP contribution in [-0.2, 0) is 19.1 Å². The molecule has 20 heavy (non-hydrogen) atoms.